The summed E-state index contributed by atoms with van der Waals surface area (Å²) in [6, 6.07) is 13.0. The fourth-order valence-corrected chi connectivity index (χ4v) is 1.68. The molecule has 1 aromatic carbocycles. The van der Waals surface area contributed by atoms with Crippen LogP contribution in [0.1, 0.15) is 5.69 Å². The molecule has 0 aliphatic heterocycles. The molecule has 3 N–H and O–H groups in total. The van der Waals surface area contributed by atoms with Crippen molar-refractivity contribution < 1.29 is 9.90 Å². The molecular formula is C13H12N2O2. The maximum absolute atomic E-state index is 10.8. The van der Waals surface area contributed by atoms with Crippen LogP contribution in [0.3, 0.4) is 0 Å². The highest BCUT2D eigenvalue weighted by molar-refractivity contribution is 5.75. The molecule has 4 heteroatoms. The van der Waals surface area contributed by atoms with Crippen molar-refractivity contribution in [1.82, 2.24) is 4.98 Å². The first-order valence-electron chi connectivity index (χ1n) is 5.19. The highest BCUT2D eigenvalue weighted by atomic mass is 16.4. The van der Waals surface area contributed by atoms with Gasteiger partial charge in [-0.1, -0.05) is 30.3 Å². The summed E-state index contributed by atoms with van der Waals surface area (Å²) in [5.74, 6) is -0.582. The van der Waals surface area contributed by atoms with Crippen molar-refractivity contribution in [3.8, 4) is 11.1 Å². The minimum atomic E-state index is -0.916. The number of nitrogen functional groups attached to an aromatic ring is 1. The molecule has 0 fully saturated rings. The Morgan fingerprint density at radius 3 is 2.53 bits per heavy atom. The van der Waals surface area contributed by atoms with Crippen molar-refractivity contribution in [2.45, 2.75) is 6.42 Å². The summed E-state index contributed by atoms with van der Waals surface area (Å²) in [6.45, 7) is 0. The van der Waals surface area contributed by atoms with Crippen molar-refractivity contribution in [1.29, 1.82) is 0 Å². The number of carboxylic acid groups (broad SMARTS) is 1. The van der Waals surface area contributed by atoms with E-state index in [4.69, 9.17) is 10.8 Å². The van der Waals surface area contributed by atoms with E-state index < -0.39 is 5.97 Å². The first kappa shape index (κ1) is 11.1. The van der Waals surface area contributed by atoms with Gasteiger partial charge in [0.2, 0.25) is 0 Å². The Balaban J connectivity index is 2.50. The van der Waals surface area contributed by atoms with Gasteiger partial charge < -0.3 is 10.8 Å². The zero-order valence-corrected chi connectivity index (χ0v) is 9.13. The minimum absolute atomic E-state index is 0.130. The number of pyridine rings is 1. The quantitative estimate of drug-likeness (QED) is 0.841. The van der Waals surface area contributed by atoms with Crippen LogP contribution in [0.4, 0.5) is 5.82 Å². The van der Waals surface area contributed by atoms with Crippen molar-refractivity contribution in [2.24, 2.45) is 0 Å². The van der Waals surface area contributed by atoms with E-state index in [9.17, 15) is 4.79 Å². The van der Waals surface area contributed by atoms with Gasteiger partial charge in [-0.3, -0.25) is 4.79 Å². The highest BCUT2D eigenvalue weighted by Crippen LogP contribution is 2.23. The third-order valence-electron chi connectivity index (χ3n) is 2.40. The number of carbonyl (C=O) groups is 1. The van der Waals surface area contributed by atoms with Crippen LogP contribution in [-0.4, -0.2) is 16.1 Å². The van der Waals surface area contributed by atoms with Gasteiger partial charge >= 0.3 is 5.97 Å². The Morgan fingerprint density at radius 2 is 1.88 bits per heavy atom. The molecule has 0 atom stereocenters. The second-order valence-corrected chi connectivity index (χ2v) is 3.67. The number of hydrogen-bond donors (Lipinski definition) is 2. The zero-order valence-electron chi connectivity index (χ0n) is 9.13. The molecule has 2 rings (SSSR count). The molecule has 17 heavy (non-hydrogen) atoms. The summed E-state index contributed by atoms with van der Waals surface area (Å²) >= 11 is 0. The predicted molar refractivity (Wildman–Crippen MR) is 65.4 cm³/mol. The zero-order chi connectivity index (χ0) is 12.3. The molecule has 0 saturated heterocycles. The summed E-state index contributed by atoms with van der Waals surface area (Å²) in [7, 11) is 0. The fourth-order valence-electron chi connectivity index (χ4n) is 1.68. The lowest BCUT2D eigenvalue weighted by molar-refractivity contribution is -0.136. The molecule has 0 spiro atoms. The number of rotatable bonds is 3. The van der Waals surface area contributed by atoms with Gasteiger partial charge in [-0.15, -0.1) is 0 Å². The van der Waals surface area contributed by atoms with Gasteiger partial charge in [0.25, 0.3) is 0 Å². The Bertz CT molecular complexity index is 538. The molecule has 0 saturated carbocycles. The van der Waals surface area contributed by atoms with Crippen molar-refractivity contribution in [3.05, 3.63) is 48.2 Å². The number of nitrogens with zero attached hydrogens (tertiary/aromatic N) is 1. The molecule has 0 radical (unpaired) electrons. The topological polar surface area (TPSA) is 76.2 Å². The third-order valence-corrected chi connectivity index (χ3v) is 2.40. The number of aliphatic carboxylic acids is 1. The summed E-state index contributed by atoms with van der Waals surface area (Å²) in [6.07, 6.45) is -0.130. The van der Waals surface area contributed by atoms with Crippen LogP contribution in [0.15, 0.2) is 42.5 Å². The number of anilines is 1. The lowest BCUT2D eigenvalue weighted by Crippen LogP contribution is -2.06. The van der Waals surface area contributed by atoms with Gasteiger partial charge in [0, 0.05) is 5.56 Å². The number of hydrogen-bond acceptors (Lipinski definition) is 3. The van der Waals surface area contributed by atoms with E-state index in [1.165, 1.54) is 0 Å². The largest absolute Gasteiger partial charge is 0.481 e. The maximum Gasteiger partial charge on any atom is 0.309 e. The highest BCUT2D eigenvalue weighted by Gasteiger charge is 2.10. The van der Waals surface area contributed by atoms with Crippen LogP contribution < -0.4 is 5.73 Å². The molecule has 0 unspecified atom stereocenters. The molecule has 86 valence electrons. The van der Waals surface area contributed by atoms with Crippen molar-refractivity contribution in [2.75, 3.05) is 5.73 Å². The molecule has 4 nitrogen and oxygen atoms in total. The Labute approximate surface area is 98.7 Å². The van der Waals surface area contributed by atoms with Gasteiger partial charge in [-0.2, -0.15) is 0 Å². The van der Waals surface area contributed by atoms with E-state index in [0.29, 0.717) is 11.5 Å². The molecule has 0 bridgehead atoms. The molecule has 2 aromatic rings. The molecule has 0 aliphatic rings. The van der Waals surface area contributed by atoms with Crippen LogP contribution >= 0.6 is 0 Å². The monoisotopic (exact) mass is 228 g/mol. The molecule has 1 aromatic heterocycles. The van der Waals surface area contributed by atoms with E-state index in [-0.39, 0.29) is 6.42 Å². The predicted octanol–water partition coefficient (Wildman–Crippen LogP) is 1.96. The van der Waals surface area contributed by atoms with E-state index in [1.54, 1.807) is 12.1 Å². The van der Waals surface area contributed by atoms with E-state index >= 15 is 0 Å². The summed E-state index contributed by atoms with van der Waals surface area (Å²) < 4.78 is 0. The summed E-state index contributed by atoms with van der Waals surface area (Å²) in [5, 5.41) is 8.85. The molecular weight excluding hydrogens is 216 g/mol. The lowest BCUT2D eigenvalue weighted by Gasteiger charge is -2.07. The lowest BCUT2D eigenvalue weighted by atomic mass is 10.0. The van der Waals surface area contributed by atoms with Gasteiger partial charge in [0.1, 0.15) is 5.82 Å². The molecule has 0 amide bonds. The van der Waals surface area contributed by atoms with Crippen molar-refractivity contribution >= 4 is 11.8 Å². The standard InChI is InChI=1S/C13H12N2O2/c14-12-7-6-10(9-4-2-1-3-5-9)11(15-12)8-13(16)17/h1-7H,8H2,(H2,14,15)(H,16,17). The Kier molecular flexibility index (Phi) is 3.05. The Morgan fingerprint density at radius 1 is 1.18 bits per heavy atom. The van der Waals surface area contributed by atoms with Crippen LogP contribution in [0, 0.1) is 0 Å². The third kappa shape index (κ3) is 2.60. The van der Waals surface area contributed by atoms with Gasteiger partial charge in [-0.05, 0) is 17.7 Å². The minimum Gasteiger partial charge on any atom is -0.481 e. The fraction of sp³-hybridized carbons (Fsp3) is 0.0769. The van der Waals surface area contributed by atoms with Gasteiger partial charge in [0.15, 0.2) is 0 Å². The smallest absolute Gasteiger partial charge is 0.309 e. The summed E-state index contributed by atoms with van der Waals surface area (Å²) in [5.41, 5.74) is 7.82. The number of carboxylic acids is 1. The average molecular weight is 228 g/mol. The number of nitrogens with two attached hydrogens (primary N) is 1. The maximum atomic E-state index is 10.8. The normalized spacial score (nSPS) is 10.1. The number of aromatic nitrogens is 1. The van der Waals surface area contributed by atoms with Gasteiger partial charge in [-0.25, -0.2) is 4.98 Å². The van der Waals surface area contributed by atoms with E-state index in [1.807, 2.05) is 30.3 Å². The van der Waals surface area contributed by atoms with Crippen LogP contribution in [0.5, 0.6) is 0 Å². The average Bonchev–Trinajstić information content (AvgIpc) is 2.29. The van der Waals surface area contributed by atoms with Crippen LogP contribution in [0.25, 0.3) is 11.1 Å². The second-order valence-electron chi connectivity index (χ2n) is 3.67. The first-order valence-corrected chi connectivity index (χ1v) is 5.19. The van der Waals surface area contributed by atoms with Crippen LogP contribution in [-0.2, 0) is 11.2 Å². The van der Waals surface area contributed by atoms with Gasteiger partial charge in [0.05, 0.1) is 12.1 Å². The van der Waals surface area contributed by atoms with Crippen LogP contribution in [0.2, 0.25) is 0 Å². The number of benzene rings is 1. The Hall–Kier alpha value is -2.36. The molecule has 1 heterocycles. The SMILES string of the molecule is Nc1ccc(-c2ccccc2)c(CC(=O)O)n1. The second kappa shape index (κ2) is 4.65. The van der Waals surface area contributed by atoms with E-state index in [0.717, 1.165) is 11.1 Å². The summed E-state index contributed by atoms with van der Waals surface area (Å²) in [4.78, 5) is 14.9. The first-order chi connectivity index (χ1) is 8.16. The molecule has 0 aliphatic carbocycles. The van der Waals surface area contributed by atoms with Crippen molar-refractivity contribution in [3.63, 3.8) is 0 Å². The van der Waals surface area contributed by atoms with E-state index in [2.05, 4.69) is 4.98 Å².